The van der Waals surface area contributed by atoms with Gasteiger partial charge in [0.05, 0.1) is 0 Å². The maximum absolute atomic E-state index is 4.49. The molecule has 0 aliphatic heterocycles. The molecule has 0 aromatic heterocycles. The van der Waals surface area contributed by atoms with Crippen LogP contribution in [-0.2, 0) is 18.2 Å². The Labute approximate surface area is 120 Å². The summed E-state index contributed by atoms with van der Waals surface area (Å²) in [7, 11) is 4.23. The summed E-state index contributed by atoms with van der Waals surface area (Å²) < 4.78 is 0. The van der Waals surface area contributed by atoms with Gasteiger partial charge in [-0.05, 0) is 10.6 Å². The molecular formula is C14H14ClPPd. The molecule has 0 saturated carbocycles. The molecular weight excluding hydrogens is 341 g/mol. The normalized spacial score (nSPS) is 9.71. The Balaban J connectivity index is 0.000000686. The van der Waals surface area contributed by atoms with E-state index in [1.54, 1.807) is 0 Å². The van der Waals surface area contributed by atoms with Crippen molar-refractivity contribution in [2.75, 3.05) is 6.16 Å². The molecule has 0 unspecified atom stereocenters. The first-order chi connectivity index (χ1) is 8.42. The third kappa shape index (κ3) is 4.53. The van der Waals surface area contributed by atoms with E-state index >= 15 is 0 Å². The first-order valence-corrected chi connectivity index (χ1v) is 8.73. The average molecular weight is 355 g/mol. The van der Waals surface area contributed by atoms with Crippen molar-refractivity contribution in [3.05, 3.63) is 67.6 Å². The molecule has 0 bridgehead atoms. The monoisotopic (exact) mass is 354 g/mol. The van der Waals surface area contributed by atoms with Crippen LogP contribution in [0.5, 0.6) is 0 Å². The van der Waals surface area contributed by atoms with Crippen LogP contribution in [0.2, 0.25) is 0 Å². The molecule has 0 N–H and O–H groups in total. The van der Waals surface area contributed by atoms with E-state index in [4.69, 9.17) is 0 Å². The number of hydrogen-bond acceptors (Lipinski definition) is 0. The second-order valence-corrected chi connectivity index (χ2v) is 5.66. The number of hydrogen-bond donors (Lipinski definition) is 0. The maximum atomic E-state index is 4.49. The molecule has 2 rings (SSSR count). The molecule has 0 fully saturated rings. The fraction of sp³-hybridized carbons (Fsp3) is 0.0714. The van der Waals surface area contributed by atoms with Crippen molar-refractivity contribution in [2.24, 2.45) is 0 Å². The van der Waals surface area contributed by atoms with Crippen LogP contribution in [0, 0.1) is 6.92 Å². The van der Waals surface area contributed by atoms with Gasteiger partial charge in [0.15, 0.2) is 0 Å². The van der Waals surface area contributed by atoms with E-state index in [9.17, 15) is 0 Å². The molecule has 0 nitrogen and oxygen atoms in total. The van der Waals surface area contributed by atoms with Crippen molar-refractivity contribution in [3.63, 3.8) is 0 Å². The standard InChI is InChI=1S/C14H14P.ClH.Pd/c1-2-15(13-9-5-3-6-10-13)14-11-7-4-8-12-14;;/h3-12H,1-2H2;1H;/q-1;;+2/p-1. The molecule has 0 saturated heterocycles. The van der Waals surface area contributed by atoms with Crippen LogP contribution in [0.4, 0.5) is 0 Å². The zero-order valence-electron chi connectivity index (χ0n) is 9.33. The van der Waals surface area contributed by atoms with Crippen LogP contribution < -0.4 is 10.6 Å². The van der Waals surface area contributed by atoms with E-state index in [0.29, 0.717) is 0 Å². The molecule has 0 aliphatic rings. The summed E-state index contributed by atoms with van der Waals surface area (Å²) >= 11 is 2.22. The fourth-order valence-corrected chi connectivity index (χ4v) is 3.50. The molecule has 0 aliphatic carbocycles. The van der Waals surface area contributed by atoms with Crippen molar-refractivity contribution in [1.29, 1.82) is 0 Å². The Hall–Kier alpha value is -0.178. The van der Waals surface area contributed by atoms with E-state index in [-0.39, 0.29) is 7.92 Å². The molecule has 0 radical (unpaired) electrons. The van der Waals surface area contributed by atoms with Gasteiger partial charge < -0.3 is 6.92 Å². The predicted octanol–water partition coefficient (Wildman–Crippen LogP) is 3.64. The first kappa shape index (κ1) is 14.9. The summed E-state index contributed by atoms with van der Waals surface area (Å²) in [6.45, 7) is 4.07. The fourth-order valence-electron chi connectivity index (χ4n) is 1.62. The van der Waals surface area contributed by atoms with Gasteiger partial charge in [0.2, 0.25) is 0 Å². The zero-order chi connectivity index (χ0) is 12.5. The van der Waals surface area contributed by atoms with Gasteiger partial charge in [0, 0.05) is 0 Å². The van der Waals surface area contributed by atoms with Crippen LogP contribution in [0.25, 0.3) is 0 Å². The van der Waals surface area contributed by atoms with E-state index in [0.717, 1.165) is 6.16 Å². The van der Waals surface area contributed by atoms with Gasteiger partial charge in [0.25, 0.3) is 0 Å². The molecule has 92 valence electrons. The summed E-state index contributed by atoms with van der Waals surface area (Å²) in [5.41, 5.74) is 0. The van der Waals surface area contributed by atoms with Gasteiger partial charge >= 0.3 is 27.7 Å². The molecule has 0 heterocycles. The van der Waals surface area contributed by atoms with Gasteiger partial charge in [-0.25, -0.2) is 0 Å². The average Bonchev–Trinajstić information content (AvgIpc) is 2.44. The Kier molecular flexibility index (Phi) is 7.74. The van der Waals surface area contributed by atoms with Crippen LogP contribution in [0.15, 0.2) is 60.7 Å². The minimum atomic E-state index is -0.260. The van der Waals surface area contributed by atoms with Gasteiger partial charge in [-0.2, -0.15) is 6.16 Å². The predicted molar refractivity (Wildman–Crippen MR) is 75.1 cm³/mol. The summed E-state index contributed by atoms with van der Waals surface area (Å²) in [4.78, 5) is 0. The van der Waals surface area contributed by atoms with Gasteiger partial charge in [-0.3, -0.25) is 0 Å². The quantitative estimate of drug-likeness (QED) is 0.448. The Morgan fingerprint density at radius 2 is 1.18 bits per heavy atom. The SMILES string of the molecule is [CH2-]CP(c1ccccc1)c1ccccc1.[Cl][Pd+]. The van der Waals surface area contributed by atoms with Crippen LogP contribution >= 0.6 is 17.5 Å². The second-order valence-electron chi connectivity index (χ2n) is 3.32. The second kappa shape index (κ2) is 8.85. The Morgan fingerprint density at radius 3 is 1.47 bits per heavy atom. The van der Waals surface area contributed by atoms with Crippen molar-refractivity contribution < 1.29 is 18.2 Å². The van der Waals surface area contributed by atoms with Crippen molar-refractivity contribution in [3.8, 4) is 0 Å². The van der Waals surface area contributed by atoms with Gasteiger partial charge in [-0.15, -0.1) is 0 Å². The molecule has 3 heteroatoms. The third-order valence-electron chi connectivity index (χ3n) is 2.36. The summed E-state index contributed by atoms with van der Waals surface area (Å²) in [6, 6.07) is 21.3. The number of benzene rings is 2. The summed E-state index contributed by atoms with van der Waals surface area (Å²) in [5.74, 6) is 0. The van der Waals surface area contributed by atoms with E-state index in [2.05, 4.69) is 95.3 Å². The Morgan fingerprint density at radius 1 is 0.824 bits per heavy atom. The number of rotatable bonds is 3. The van der Waals surface area contributed by atoms with Crippen molar-refractivity contribution in [2.45, 2.75) is 0 Å². The van der Waals surface area contributed by atoms with Crippen molar-refractivity contribution in [1.82, 2.24) is 0 Å². The van der Waals surface area contributed by atoms with Gasteiger partial charge in [0.1, 0.15) is 0 Å². The molecule has 2 aromatic rings. The summed E-state index contributed by atoms with van der Waals surface area (Å²) in [6.07, 6.45) is 0.962. The van der Waals surface area contributed by atoms with Crippen LogP contribution in [-0.4, -0.2) is 6.16 Å². The topological polar surface area (TPSA) is 0 Å². The molecule has 0 atom stereocenters. The summed E-state index contributed by atoms with van der Waals surface area (Å²) in [5, 5.41) is 2.82. The van der Waals surface area contributed by atoms with E-state index in [1.165, 1.54) is 10.6 Å². The van der Waals surface area contributed by atoms with Gasteiger partial charge in [-0.1, -0.05) is 68.6 Å². The van der Waals surface area contributed by atoms with Crippen LogP contribution in [0.3, 0.4) is 0 Å². The molecule has 0 spiro atoms. The Bertz CT molecular complexity index is 366. The number of halogens is 1. The molecule has 17 heavy (non-hydrogen) atoms. The van der Waals surface area contributed by atoms with E-state index < -0.39 is 0 Å². The first-order valence-electron chi connectivity index (χ1n) is 5.20. The molecule has 0 amide bonds. The molecule has 2 aromatic carbocycles. The van der Waals surface area contributed by atoms with Crippen molar-refractivity contribution >= 4 is 28.1 Å². The van der Waals surface area contributed by atoms with E-state index in [1.807, 2.05) is 0 Å². The zero-order valence-corrected chi connectivity index (χ0v) is 12.5. The third-order valence-corrected chi connectivity index (χ3v) is 4.65. The minimum absolute atomic E-state index is 0.260. The van der Waals surface area contributed by atoms with Crippen LogP contribution in [0.1, 0.15) is 0 Å².